The SMILES string of the molecule is O=C(O)C(CN1CC(N2CCNCC2)C1)c1ccccc1. The first-order valence-corrected chi connectivity index (χ1v) is 7.69. The quantitative estimate of drug-likeness (QED) is 0.824. The number of carboxylic acids is 1. The molecule has 2 fully saturated rings. The highest BCUT2D eigenvalue weighted by Crippen LogP contribution is 2.22. The van der Waals surface area contributed by atoms with Gasteiger partial charge >= 0.3 is 5.97 Å². The average Bonchev–Trinajstić information content (AvgIpc) is 2.47. The molecule has 0 aromatic heterocycles. The standard InChI is InChI=1S/C16H23N3O2/c20-16(21)15(13-4-2-1-3-5-13)12-18-10-14(11-18)19-8-6-17-7-9-19/h1-5,14-15,17H,6-12H2,(H,20,21). The Morgan fingerprint density at radius 3 is 2.52 bits per heavy atom. The van der Waals surface area contributed by atoms with E-state index in [1.807, 2.05) is 30.3 Å². The molecule has 0 amide bonds. The fraction of sp³-hybridized carbons (Fsp3) is 0.562. The van der Waals surface area contributed by atoms with Gasteiger partial charge in [-0.2, -0.15) is 0 Å². The van der Waals surface area contributed by atoms with Gasteiger partial charge in [-0.25, -0.2) is 0 Å². The van der Waals surface area contributed by atoms with E-state index in [9.17, 15) is 9.90 Å². The van der Waals surface area contributed by atoms with Crippen LogP contribution < -0.4 is 5.32 Å². The zero-order chi connectivity index (χ0) is 14.7. The third-order valence-electron chi connectivity index (χ3n) is 4.55. The molecule has 3 rings (SSSR count). The van der Waals surface area contributed by atoms with Crippen LogP contribution in [0.3, 0.4) is 0 Å². The Morgan fingerprint density at radius 2 is 1.90 bits per heavy atom. The van der Waals surface area contributed by atoms with Gasteiger partial charge in [0.05, 0.1) is 5.92 Å². The number of hydrogen-bond donors (Lipinski definition) is 2. The molecule has 0 spiro atoms. The Balaban J connectivity index is 1.53. The second kappa shape index (κ2) is 6.56. The van der Waals surface area contributed by atoms with Crippen molar-refractivity contribution in [3.8, 4) is 0 Å². The molecule has 1 aromatic rings. The number of benzene rings is 1. The van der Waals surface area contributed by atoms with Gasteiger partial charge in [-0.1, -0.05) is 30.3 Å². The molecule has 21 heavy (non-hydrogen) atoms. The third-order valence-corrected chi connectivity index (χ3v) is 4.55. The predicted octanol–water partition coefficient (Wildman–Crippen LogP) is 0.444. The Morgan fingerprint density at radius 1 is 1.24 bits per heavy atom. The van der Waals surface area contributed by atoms with Gasteiger partial charge in [0.15, 0.2) is 0 Å². The van der Waals surface area contributed by atoms with Gasteiger partial charge in [-0.15, -0.1) is 0 Å². The highest BCUT2D eigenvalue weighted by molar-refractivity contribution is 5.76. The van der Waals surface area contributed by atoms with Crippen LogP contribution in [0, 0.1) is 0 Å². The minimum atomic E-state index is -0.730. The minimum Gasteiger partial charge on any atom is -0.481 e. The lowest BCUT2D eigenvalue weighted by atomic mass is 9.96. The second-order valence-corrected chi connectivity index (χ2v) is 5.96. The summed E-state index contributed by atoms with van der Waals surface area (Å²) < 4.78 is 0. The molecule has 5 heteroatoms. The summed E-state index contributed by atoms with van der Waals surface area (Å²) in [5.41, 5.74) is 0.899. The van der Waals surface area contributed by atoms with E-state index in [0.29, 0.717) is 12.6 Å². The van der Waals surface area contributed by atoms with Crippen LogP contribution in [-0.4, -0.2) is 72.7 Å². The number of nitrogens with zero attached hydrogens (tertiary/aromatic N) is 2. The maximum Gasteiger partial charge on any atom is 0.312 e. The molecule has 2 saturated heterocycles. The van der Waals surface area contributed by atoms with Crippen molar-refractivity contribution in [1.82, 2.24) is 15.1 Å². The fourth-order valence-corrected chi connectivity index (χ4v) is 3.24. The molecule has 2 N–H and O–H groups in total. The lowest BCUT2D eigenvalue weighted by molar-refractivity contribution is -0.139. The largest absolute Gasteiger partial charge is 0.481 e. The predicted molar refractivity (Wildman–Crippen MR) is 81.5 cm³/mol. The lowest BCUT2D eigenvalue weighted by Gasteiger charge is -2.47. The van der Waals surface area contributed by atoms with E-state index >= 15 is 0 Å². The van der Waals surface area contributed by atoms with Gasteiger partial charge in [0.2, 0.25) is 0 Å². The van der Waals surface area contributed by atoms with E-state index < -0.39 is 11.9 Å². The van der Waals surface area contributed by atoms with Gasteiger partial charge in [0.25, 0.3) is 0 Å². The fourth-order valence-electron chi connectivity index (χ4n) is 3.24. The van der Waals surface area contributed by atoms with Crippen molar-refractivity contribution in [3.05, 3.63) is 35.9 Å². The molecule has 1 aromatic carbocycles. The number of carbonyl (C=O) groups is 1. The molecule has 114 valence electrons. The molecule has 0 saturated carbocycles. The minimum absolute atomic E-state index is 0.421. The van der Waals surface area contributed by atoms with Gasteiger partial charge in [0, 0.05) is 51.9 Å². The summed E-state index contributed by atoms with van der Waals surface area (Å²) in [5.74, 6) is -1.15. The Labute approximate surface area is 125 Å². The summed E-state index contributed by atoms with van der Waals surface area (Å²) in [6.45, 7) is 6.96. The molecular weight excluding hydrogens is 266 g/mol. The molecule has 0 radical (unpaired) electrons. The molecule has 1 unspecified atom stereocenters. The van der Waals surface area contributed by atoms with E-state index in [-0.39, 0.29) is 0 Å². The van der Waals surface area contributed by atoms with Crippen molar-refractivity contribution < 1.29 is 9.90 Å². The number of hydrogen-bond acceptors (Lipinski definition) is 4. The number of likely N-dealkylation sites (tertiary alicyclic amines) is 1. The first-order chi connectivity index (χ1) is 10.2. The van der Waals surface area contributed by atoms with Crippen molar-refractivity contribution in [2.45, 2.75) is 12.0 Å². The summed E-state index contributed by atoms with van der Waals surface area (Å²) in [6.07, 6.45) is 0. The Hall–Kier alpha value is -1.43. The maximum atomic E-state index is 11.5. The zero-order valence-electron chi connectivity index (χ0n) is 12.2. The molecule has 2 aliphatic heterocycles. The van der Waals surface area contributed by atoms with Crippen LogP contribution in [0.4, 0.5) is 0 Å². The summed E-state index contributed by atoms with van der Waals surface area (Å²) in [5, 5.41) is 12.8. The van der Waals surface area contributed by atoms with Crippen molar-refractivity contribution in [2.24, 2.45) is 0 Å². The number of piperazine rings is 1. The summed E-state index contributed by atoms with van der Waals surface area (Å²) in [7, 11) is 0. The van der Waals surface area contributed by atoms with Gasteiger partial charge in [0.1, 0.15) is 0 Å². The van der Waals surface area contributed by atoms with Crippen molar-refractivity contribution in [1.29, 1.82) is 0 Å². The van der Waals surface area contributed by atoms with Crippen LogP contribution in [0.1, 0.15) is 11.5 Å². The average molecular weight is 289 g/mol. The molecule has 0 bridgehead atoms. The summed E-state index contributed by atoms with van der Waals surface area (Å²) >= 11 is 0. The van der Waals surface area contributed by atoms with Crippen LogP contribution in [0.15, 0.2) is 30.3 Å². The topological polar surface area (TPSA) is 55.8 Å². The van der Waals surface area contributed by atoms with E-state index in [1.165, 1.54) is 0 Å². The molecule has 1 atom stereocenters. The Bertz CT molecular complexity index is 468. The van der Waals surface area contributed by atoms with Gasteiger partial charge < -0.3 is 10.4 Å². The molecule has 2 aliphatic rings. The van der Waals surface area contributed by atoms with Crippen molar-refractivity contribution in [2.75, 3.05) is 45.8 Å². The smallest absolute Gasteiger partial charge is 0.312 e. The number of nitrogens with one attached hydrogen (secondary N) is 1. The number of carboxylic acid groups (broad SMARTS) is 1. The van der Waals surface area contributed by atoms with Crippen LogP contribution in [0.5, 0.6) is 0 Å². The van der Waals surface area contributed by atoms with Gasteiger partial charge in [-0.3, -0.25) is 14.6 Å². The molecule has 2 heterocycles. The molecule has 0 aliphatic carbocycles. The van der Waals surface area contributed by atoms with E-state index in [1.54, 1.807) is 0 Å². The van der Waals surface area contributed by atoms with Crippen LogP contribution in [0.25, 0.3) is 0 Å². The highest BCUT2D eigenvalue weighted by Gasteiger charge is 2.35. The first kappa shape index (κ1) is 14.5. The number of rotatable bonds is 5. The maximum absolute atomic E-state index is 11.5. The highest BCUT2D eigenvalue weighted by atomic mass is 16.4. The van der Waals surface area contributed by atoms with Crippen molar-refractivity contribution in [3.63, 3.8) is 0 Å². The lowest BCUT2D eigenvalue weighted by Crippen LogP contribution is -2.63. The summed E-state index contributed by atoms with van der Waals surface area (Å²) in [6, 6.07) is 10.2. The second-order valence-electron chi connectivity index (χ2n) is 5.96. The normalized spacial score (nSPS) is 22.7. The van der Waals surface area contributed by atoms with E-state index in [2.05, 4.69) is 15.1 Å². The summed E-state index contributed by atoms with van der Waals surface area (Å²) in [4.78, 5) is 16.3. The molecule has 5 nitrogen and oxygen atoms in total. The monoisotopic (exact) mass is 289 g/mol. The van der Waals surface area contributed by atoms with E-state index in [4.69, 9.17) is 0 Å². The van der Waals surface area contributed by atoms with Crippen LogP contribution >= 0.6 is 0 Å². The third kappa shape index (κ3) is 3.43. The first-order valence-electron chi connectivity index (χ1n) is 7.69. The number of aliphatic carboxylic acids is 1. The van der Waals surface area contributed by atoms with Gasteiger partial charge in [-0.05, 0) is 5.56 Å². The van der Waals surface area contributed by atoms with E-state index in [0.717, 1.165) is 44.8 Å². The molecular formula is C16H23N3O2. The zero-order valence-corrected chi connectivity index (χ0v) is 12.2. The van der Waals surface area contributed by atoms with Crippen LogP contribution in [0.2, 0.25) is 0 Å². The van der Waals surface area contributed by atoms with Crippen LogP contribution in [-0.2, 0) is 4.79 Å². The van der Waals surface area contributed by atoms with Crippen molar-refractivity contribution >= 4 is 5.97 Å². The Kier molecular flexibility index (Phi) is 4.53.